The molecule has 0 spiro atoms. The predicted molar refractivity (Wildman–Crippen MR) is 66.7 cm³/mol. The van der Waals surface area contributed by atoms with E-state index in [9.17, 15) is 9.50 Å². The summed E-state index contributed by atoms with van der Waals surface area (Å²) in [6.07, 6.45) is 1.81. The van der Waals surface area contributed by atoms with Crippen molar-refractivity contribution in [2.75, 3.05) is 12.4 Å². The van der Waals surface area contributed by atoms with Crippen molar-refractivity contribution < 1.29 is 14.2 Å². The van der Waals surface area contributed by atoms with Gasteiger partial charge in [0.25, 0.3) is 0 Å². The summed E-state index contributed by atoms with van der Waals surface area (Å²) in [5, 5.41) is 9.35. The Balaban J connectivity index is 1.96. The molecule has 1 unspecified atom stereocenters. The van der Waals surface area contributed by atoms with E-state index >= 15 is 0 Å². The lowest BCUT2D eigenvalue weighted by Crippen LogP contribution is -2.08. The van der Waals surface area contributed by atoms with Crippen molar-refractivity contribution >= 4 is 11.8 Å². The molecule has 17 heavy (non-hydrogen) atoms. The number of rotatable bonds is 4. The van der Waals surface area contributed by atoms with E-state index in [0.29, 0.717) is 10.5 Å². The van der Waals surface area contributed by atoms with Crippen molar-refractivity contribution in [3.63, 3.8) is 0 Å². The van der Waals surface area contributed by atoms with Crippen molar-refractivity contribution in [3.8, 4) is 0 Å². The second kappa shape index (κ2) is 5.85. The van der Waals surface area contributed by atoms with Gasteiger partial charge in [-0.1, -0.05) is 6.07 Å². The van der Waals surface area contributed by atoms with E-state index in [1.165, 1.54) is 17.8 Å². The SMILES string of the molecule is C[C@H](O)c1ccc(SCC2CCCO2)c(F)c1. The summed E-state index contributed by atoms with van der Waals surface area (Å²) in [6, 6.07) is 4.91. The molecule has 2 atom stereocenters. The maximum atomic E-state index is 13.7. The molecule has 2 rings (SSSR count). The molecule has 1 aliphatic rings. The second-order valence-electron chi connectivity index (χ2n) is 4.31. The van der Waals surface area contributed by atoms with E-state index in [-0.39, 0.29) is 11.9 Å². The van der Waals surface area contributed by atoms with Crippen LogP contribution in [-0.2, 0) is 4.74 Å². The fourth-order valence-corrected chi connectivity index (χ4v) is 2.84. The molecule has 0 amide bonds. The van der Waals surface area contributed by atoms with Crippen LogP contribution in [0.1, 0.15) is 31.4 Å². The van der Waals surface area contributed by atoms with Gasteiger partial charge in [0, 0.05) is 17.3 Å². The van der Waals surface area contributed by atoms with Crippen LogP contribution in [0.3, 0.4) is 0 Å². The van der Waals surface area contributed by atoms with Crippen molar-refractivity contribution in [3.05, 3.63) is 29.6 Å². The predicted octanol–water partition coefficient (Wildman–Crippen LogP) is 3.15. The summed E-state index contributed by atoms with van der Waals surface area (Å²) in [6.45, 7) is 2.46. The molecule has 1 N–H and O–H groups in total. The van der Waals surface area contributed by atoms with Gasteiger partial charge in [-0.15, -0.1) is 11.8 Å². The second-order valence-corrected chi connectivity index (χ2v) is 5.37. The summed E-state index contributed by atoms with van der Waals surface area (Å²) >= 11 is 1.48. The molecule has 1 aliphatic heterocycles. The highest BCUT2D eigenvalue weighted by Crippen LogP contribution is 2.27. The van der Waals surface area contributed by atoms with Crippen LogP contribution in [0.2, 0.25) is 0 Å². The largest absolute Gasteiger partial charge is 0.389 e. The van der Waals surface area contributed by atoms with Crippen molar-refractivity contribution in [1.82, 2.24) is 0 Å². The van der Waals surface area contributed by atoms with E-state index in [0.717, 1.165) is 25.2 Å². The van der Waals surface area contributed by atoms with Gasteiger partial charge in [-0.3, -0.25) is 0 Å². The van der Waals surface area contributed by atoms with Crippen LogP contribution in [0.5, 0.6) is 0 Å². The third-order valence-electron chi connectivity index (χ3n) is 2.89. The van der Waals surface area contributed by atoms with Gasteiger partial charge in [0.1, 0.15) is 5.82 Å². The molecule has 1 aromatic carbocycles. The average molecular weight is 256 g/mol. The Bertz CT molecular complexity index is 376. The molecular weight excluding hydrogens is 239 g/mol. The summed E-state index contributed by atoms with van der Waals surface area (Å²) in [4.78, 5) is 0.630. The fraction of sp³-hybridized carbons (Fsp3) is 0.538. The number of hydrogen-bond donors (Lipinski definition) is 1. The Hall–Kier alpha value is -0.580. The molecule has 0 radical (unpaired) electrons. The summed E-state index contributed by atoms with van der Waals surface area (Å²) in [7, 11) is 0. The van der Waals surface area contributed by atoms with Crippen LogP contribution >= 0.6 is 11.8 Å². The zero-order valence-corrected chi connectivity index (χ0v) is 10.7. The lowest BCUT2D eigenvalue weighted by Gasteiger charge is -2.10. The number of hydrogen-bond acceptors (Lipinski definition) is 3. The molecule has 0 saturated carbocycles. The van der Waals surface area contributed by atoms with Crippen LogP contribution in [0.4, 0.5) is 4.39 Å². The van der Waals surface area contributed by atoms with E-state index in [2.05, 4.69) is 0 Å². The smallest absolute Gasteiger partial charge is 0.137 e. The van der Waals surface area contributed by atoms with Crippen LogP contribution in [0.25, 0.3) is 0 Å². The minimum Gasteiger partial charge on any atom is -0.389 e. The summed E-state index contributed by atoms with van der Waals surface area (Å²) in [5.74, 6) is 0.539. The van der Waals surface area contributed by atoms with Gasteiger partial charge in [0.15, 0.2) is 0 Å². The van der Waals surface area contributed by atoms with Crippen LogP contribution < -0.4 is 0 Å². The van der Waals surface area contributed by atoms with E-state index in [1.54, 1.807) is 19.1 Å². The van der Waals surface area contributed by atoms with E-state index in [1.807, 2.05) is 0 Å². The number of aliphatic hydroxyl groups excluding tert-OH is 1. The van der Waals surface area contributed by atoms with Crippen molar-refractivity contribution in [1.29, 1.82) is 0 Å². The third-order valence-corrected chi connectivity index (χ3v) is 4.07. The maximum Gasteiger partial charge on any atom is 0.137 e. The first-order chi connectivity index (χ1) is 8.16. The quantitative estimate of drug-likeness (QED) is 0.839. The highest BCUT2D eigenvalue weighted by molar-refractivity contribution is 7.99. The molecule has 1 fully saturated rings. The minimum atomic E-state index is -0.623. The average Bonchev–Trinajstić information content (AvgIpc) is 2.80. The van der Waals surface area contributed by atoms with Gasteiger partial charge < -0.3 is 9.84 Å². The number of halogens is 1. The zero-order chi connectivity index (χ0) is 12.3. The van der Waals surface area contributed by atoms with Crippen molar-refractivity contribution in [2.24, 2.45) is 0 Å². The molecule has 1 heterocycles. The van der Waals surface area contributed by atoms with Gasteiger partial charge >= 0.3 is 0 Å². The standard InChI is InChI=1S/C13H17FO2S/c1-9(15)10-4-5-13(12(14)7-10)17-8-11-3-2-6-16-11/h4-5,7,9,11,15H,2-3,6,8H2,1H3/t9-,11?/m0/s1. The van der Waals surface area contributed by atoms with Gasteiger partial charge in [0.05, 0.1) is 12.2 Å². The molecule has 1 saturated heterocycles. The van der Waals surface area contributed by atoms with E-state index < -0.39 is 6.10 Å². The highest BCUT2D eigenvalue weighted by atomic mass is 32.2. The Labute approximate surface area is 105 Å². The van der Waals surface area contributed by atoms with Gasteiger partial charge in [-0.2, -0.15) is 0 Å². The van der Waals surface area contributed by atoms with Crippen LogP contribution in [-0.4, -0.2) is 23.6 Å². The van der Waals surface area contributed by atoms with Crippen LogP contribution in [0.15, 0.2) is 23.1 Å². The number of ether oxygens (including phenoxy) is 1. The normalized spacial score (nSPS) is 21.7. The molecule has 4 heteroatoms. The van der Waals surface area contributed by atoms with Crippen molar-refractivity contribution in [2.45, 2.75) is 36.9 Å². The van der Waals surface area contributed by atoms with E-state index in [4.69, 9.17) is 4.74 Å². The van der Waals surface area contributed by atoms with Gasteiger partial charge in [-0.25, -0.2) is 4.39 Å². The minimum absolute atomic E-state index is 0.258. The number of aliphatic hydroxyl groups is 1. The summed E-state index contributed by atoms with van der Waals surface area (Å²) in [5.41, 5.74) is 0.615. The molecule has 0 aliphatic carbocycles. The Morgan fingerprint density at radius 2 is 2.41 bits per heavy atom. The molecule has 1 aromatic rings. The lowest BCUT2D eigenvalue weighted by molar-refractivity contribution is 0.129. The first-order valence-electron chi connectivity index (χ1n) is 5.88. The van der Waals surface area contributed by atoms with Gasteiger partial charge in [-0.05, 0) is 37.5 Å². The number of thioether (sulfide) groups is 1. The number of benzene rings is 1. The molecule has 0 aromatic heterocycles. The molecular formula is C13H17FO2S. The zero-order valence-electron chi connectivity index (χ0n) is 9.86. The topological polar surface area (TPSA) is 29.5 Å². The monoisotopic (exact) mass is 256 g/mol. The Kier molecular flexibility index (Phi) is 4.42. The maximum absolute atomic E-state index is 13.7. The first-order valence-corrected chi connectivity index (χ1v) is 6.87. The third kappa shape index (κ3) is 3.44. The lowest BCUT2D eigenvalue weighted by atomic mass is 10.1. The summed E-state index contributed by atoms with van der Waals surface area (Å²) < 4.78 is 19.2. The Morgan fingerprint density at radius 1 is 1.59 bits per heavy atom. The molecule has 0 bridgehead atoms. The fourth-order valence-electron chi connectivity index (χ4n) is 1.85. The van der Waals surface area contributed by atoms with Gasteiger partial charge in [0.2, 0.25) is 0 Å². The molecule has 2 nitrogen and oxygen atoms in total. The van der Waals surface area contributed by atoms with Crippen LogP contribution in [0, 0.1) is 5.82 Å². The highest BCUT2D eigenvalue weighted by Gasteiger charge is 2.16. The Morgan fingerprint density at radius 3 is 3.00 bits per heavy atom. The first kappa shape index (κ1) is 12.9. The molecule has 94 valence electrons.